The zero-order valence-corrected chi connectivity index (χ0v) is 10.0. The Morgan fingerprint density at radius 2 is 2.29 bits per heavy atom. The quantitative estimate of drug-likeness (QED) is 0.787. The Morgan fingerprint density at radius 3 is 3.06 bits per heavy atom. The van der Waals surface area contributed by atoms with E-state index in [1.807, 2.05) is 12.1 Å². The van der Waals surface area contributed by atoms with E-state index in [-0.39, 0.29) is 12.5 Å². The van der Waals surface area contributed by atoms with Gasteiger partial charge < -0.3 is 15.4 Å². The van der Waals surface area contributed by atoms with Crippen molar-refractivity contribution in [3.63, 3.8) is 0 Å². The summed E-state index contributed by atoms with van der Waals surface area (Å²) in [7, 11) is 0. The number of hydrogen-bond acceptors (Lipinski definition) is 3. The van der Waals surface area contributed by atoms with Crippen molar-refractivity contribution in [2.45, 2.75) is 13.0 Å². The number of aldehydes is 1. The first kappa shape index (κ1) is 12.1. The molecule has 0 saturated carbocycles. The van der Waals surface area contributed by atoms with E-state index in [0.717, 1.165) is 30.6 Å². The van der Waals surface area contributed by atoms with Crippen LogP contribution in [0.2, 0.25) is 5.02 Å². The Bertz CT molecular complexity index is 460. The van der Waals surface area contributed by atoms with Gasteiger partial charge in [0.05, 0.1) is 17.1 Å². The molecule has 1 aliphatic rings. The highest BCUT2D eigenvalue weighted by molar-refractivity contribution is 6.34. The van der Waals surface area contributed by atoms with Crippen molar-refractivity contribution in [2.75, 3.05) is 13.1 Å². The van der Waals surface area contributed by atoms with Gasteiger partial charge in [-0.1, -0.05) is 11.6 Å². The summed E-state index contributed by atoms with van der Waals surface area (Å²) >= 11 is 6.06. The largest absolute Gasteiger partial charge is 0.345 e. The smallest absolute Gasteiger partial charge is 0.253 e. The Hall–Kier alpha value is -1.39. The van der Waals surface area contributed by atoms with Crippen LogP contribution in [0.3, 0.4) is 0 Å². The summed E-state index contributed by atoms with van der Waals surface area (Å²) < 4.78 is 0. The summed E-state index contributed by atoms with van der Waals surface area (Å²) in [4.78, 5) is 21.9. The third kappa shape index (κ3) is 2.65. The molecule has 0 aromatic heterocycles. The molecule has 1 heterocycles. The molecule has 0 atom stereocenters. The molecule has 17 heavy (non-hydrogen) atoms. The van der Waals surface area contributed by atoms with E-state index in [1.165, 1.54) is 0 Å². The molecule has 0 unspecified atom stereocenters. The highest BCUT2D eigenvalue weighted by Gasteiger charge is 2.16. The molecule has 0 spiro atoms. The second kappa shape index (κ2) is 5.29. The fourth-order valence-corrected chi connectivity index (χ4v) is 2.18. The van der Waals surface area contributed by atoms with Gasteiger partial charge in [-0.2, -0.15) is 0 Å². The third-order valence-corrected chi connectivity index (χ3v) is 3.08. The predicted octanol–water partition coefficient (Wildman–Crippen LogP) is 0.914. The number of hydrogen-bond donors (Lipinski definition) is 2. The summed E-state index contributed by atoms with van der Waals surface area (Å²) in [5.41, 5.74) is 2.71. The van der Waals surface area contributed by atoms with Crippen molar-refractivity contribution in [3.05, 3.63) is 33.8 Å². The normalized spacial score (nSPS) is 13.9. The first-order valence-electron chi connectivity index (χ1n) is 5.46. The molecular formula is C12H13ClN2O2. The molecule has 0 aliphatic carbocycles. The second-order valence-electron chi connectivity index (χ2n) is 3.90. The summed E-state index contributed by atoms with van der Waals surface area (Å²) in [6.07, 6.45) is 1.54. The lowest BCUT2D eigenvalue weighted by molar-refractivity contribution is -0.107. The summed E-state index contributed by atoms with van der Waals surface area (Å²) in [6, 6.07) is 3.64. The molecule has 1 aromatic carbocycles. The topological polar surface area (TPSA) is 58.2 Å². The van der Waals surface area contributed by atoms with Crippen molar-refractivity contribution < 1.29 is 9.59 Å². The van der Waals surface area contributed by atoms with Crippen molar-refractivity contribution in [1.82, 2.24) is 10.6 Å². The molecule has 90 valence electrons. The minimum Gasteiger partial charge on any atom is -0.345 e. The Morgan fingerprint density at radius 1 is 1.47 bits per heavy atom. The van der Waals surface area contributed by atoms with Gasteiger partial charge in [-0.3, -0.25) is 4.79 Å². The number of nitrogens with one attached hydrogen (secondary N) is 2. The van der Waals surface area contributed by atoms with Gasteiger partial charge in [-0.05, 0) is 36.2 Å². The van der Waals surface area contributed by atoms with Crippen LogP contribution in [0, 0.1) is 0 Å². The van der Waals surface area contributed by atoms with Gasteiger partial charge in [0.15, 0.2) is 0 Å². The van der Waals surface area contributed by atoms with Crippen LogP contribution in [0.15, 0.2) is 12.1 Å². The van der Waals surface area contributed by atoms with Crippen molar-refractivity contribution >= 4 is 23.8 Å². The van der Waals surface area contributed by atoms with Gasteiger partial charge in [0.1, 0.15) is 6.29 Å². The summed E-state index contributed by atoms with van der Waals surface area (Å²) in [5.74, 6) is -0.302. The van der Waals surface area contributed by atoms with Crippen molar-refractivity contribution in [3.8, 4) is 0 Å². The van der Waals surface area contributed by atoms with Crippen LogP contribution in [-0.4, -0.2) is 25.3 Å². The number of amides is 1. The molecule has 0 fully saturated rings. The van der Waals surface area contributed by atoms with Crippen LogP contribution in [0.4, 0.5) is 0 Å². The first-order valence-corrected chi connectivity index (χ1v) is 5.84. The maximum absolute atomic E-state index is 11.7. The van der Waals surface area contributed by atoms with Crippen molar-refractivity contribution in [2.24, 2.45) is 0 Å². The average molecular weight is 253 g/mol. The Kier molecular flexibility index (Phi) is 3.76. The molecule has 1 aromatic rings. The van der Waals surface area contributed by atoms with E-state index in [1.54, 1.807) is 0 Å². The lowest BCUT2D eigenvalue weighted by Crippen LogP contribution is -2.27. The standard InChI is InChI=1S/C12H13ClN2O2/c13-11-6-9-7-14-2-1-8(9)5-10(11)12(17)15-3-4-16/h4-6,14H,1-3,7H2,(H,15,17). The van der Waals surface area contributed by atoms with E-state index in [4.69, 9.17) is 11.6 Å². The van der Waals surface area contributed by atoms with Gasteiger partial charge in [0.2, 0.25) is 0 Å². The maximum Gasteiger partial charge on any atom is 0.253 e. The molecule has 2 rings (SSSR count). The molecule has 1 aliphatic heterocycles. The van der Waals surface area contributed by atoms with Crippen LogP contribution >= 0.6 is 11.6 Å². The van der Waals surface area contributed by atoms with Crippen LogP contribution in [0.1, 0.15) is 21.5 Å². The van der Waals surface area contributed by atoms with Crippen LogP contribution < -0.4 is 10.6 Å². The summed E-state index contributed by atoms with van der Waals surface area (Å²) in [5, 5.41) is 6.16. The monoisotopic (exact) mass is 252 g/mol. The molecule has 0 radical (unpaired) electrons. The van der Waals surface area contributed by atoms with E-state index >= 15 is 0 Å². The van der Waals surface area contributed by atoms with Crippen LogP contribution in [-0.2, 0) is 17.8 Å². The third-order valence-electron chi connectivity index (χ3n) is 2.77. The van der Waals surface area contributed by atoms with E-state index in [0.29, 0.717) is 16.9 Å². The van der Waals surface area contributed by atoms with E-state index < -0.39 is 0 Å². The highest BCUT2D eigenvalue weighted by atomic mass is 35.5. The van der Waals surface area contributed by atoms with E-state index in [9.17, 15) is 9.59 Å². The van der Waals surface area contributed by atoms with Gasteiger partial charge in [-0.25, -0.2) is 0 Å². The Balaban J connectivity index is 2.28. The molecule has 0 bridgehead atoms. The Labute approximate surface area is 104 Å². The second-order valence-corrected chi connectivity index (χ2v) is 4.31. The average Bonchev–Trinajstić information content (AvgIpc) is 2.35. The lowest BCUT2D eigenvalue weighted by atomic mass is 9.98. The lowest BCUT2D eigenvalue weighted by Gasteiger charge is -2.18. The van der Waals surface area contributed by atoms with Gasteiger partial charge in [0, 0.05) is 6.54 Å². The fraction of sp³-hybridized carbons (Fsp3) is 0.333. The SMILES string of the molecule is O=CCNC(=O)c1cc2c(cc1Cl)CNCC2. The number of halogens is 1. The fourth-order valence-electron chi connectivity index (χ4n) is 1.91. The number of fused-ring (bicyclic) bond motifs is 1. The minimum atomic E-state index is -0.302. The molecule has 4 nitrogen and oxygen atoms in total. The zero-order chi connectivity index (χ0) is 12.3. The molecule has 0 saturated heterocycles. The minimum absolute atomic E-state index is 0.00774. The van der Waals surface area contributed by atoms with Crippen molar-refractivity contribution in [1.29, 1.82) is 0 Å². The number of carbonyl (C=O) groups is 2. The van der Waals surface area contributed by atoms with Gasteiger partial charge >= 0.3 is 0 Å². The number of benzene rings is 1. The van der Waals surface area contributed by atoms with Crippen LogP contribution in [0.5, 0.6) is 0 Å². The van der Waals surface area contributed by atoms with Gasteiger partial charge in [-0.15, -0.1) is 0 Å². The number of rotatable bonds is 3. The zero-order valence-electron chi connectivity index (χ0n) is 9.25. The highest BCUT2D eigenvalue weighted by Crippen LogP contribution is 2.23. The van der Waals surface area contributed by atoms with Crippen LogP contribution in [0.25, 0.3) is 0 Å². The molecule has 1 amide bonds. The summed E-state index contributed by atoms with van der Waals surface area (Å²) in [6.45, 7) is 1.70. The molecule has 5 heteroatoms. The first-order chi connectivity index (χ1) is 8.22. The molecule has 2 N–H and O–H groups in total. The maximum atomic E-state index is 11.7. The number of carbonyl (C=O) groups excluding carboxylic acids is 2. The van der Waals surface area contributed by atoms with E-state index in [2.05, 4.69) is 10.6 Å². The predicted molar refractivity (Wildman–Crippen MR) is 65.3 cm³/mol. The molecular weight excluding hydrogens is 240 g/mol. The van der Waals surface area contributed by atoms with Gasteiger partial charge in [0.25, 0.3) is 5.91 Å².